The van der Waals surface area contributed by atoms with Gasteiger partial charge in [0.2, 0.25) is 10.0 Å². The molecule has 11 heteroatoms. The SMILES string of the molecule is CCN1CCc2c(sc(NC(=O)c3ccc(S(=O)(=O)N(CC)CC)cc3)c2C(=O)OC)C1.Cl. The van der Waals surface area contributed by atoms with E-state index in [2.05, 4.69) is 17.1 Å². The number of likely N-dealkylation sites (N-methyl/N-ethyl adjacent to an activating group) is 1. The first kappa shape index (κ1) is 27.3. The highest BCUT2D eigenvalue weighted by molar-refractivity contribution is 7.89. The summed E-state index contributed by atoms with van der Waals surface area (Å²) in [6.07, 6.45) is 0.720. The fraction of sp³-hybridized carbons (Fsp3) is 0.455. The quantitative estimate of drug-likeness (QED) is 0.539. The minimum Gasteiger partial charge on any atom is -0.465 e. The second-order valence-electron chi connectivity index (χ2n) is 7.39. The highest BCUT2D eigenvalue weighted by Crippen LogP contribution is 2.37. The average Bonchev–Trinajstić information content (AvgIpc) is 3.15. The third-order valence-electron chi connectivity index (χ3n) is 5.66. The van der Waals surface area contributed by atoms with Gasteiger partial charge in [0.15, 0.2) is 0 Å². The monoisotopic (exact) mass is 515 g/mol. The number of benzene rings is 1. The first-order valence-corrected chi connectivity index (χ1v) is 12.9. The van der Waals surface area contributed by atoms with Crippen LogP contribution in [0.4, 0.5) is 5.00 Å². The van der Waals surface area contributed by atoms with Gasteiger partial charge in [-0.15, -0.1) is 23.7 Å². The molecular weight excluding hydrogens is 486 g/mol. The predicted molar refractivity (Wildman–Crippen MR) is 132 cm³/mol. The summed E-state index contributed by atoms with van der Waals surface area (Å²) in [5.41, 5.74) is 1.65. The number of sulfonamides is 1. The summed E-state index contributed by atoms with van der Waals surface area (Å²) in [7, 11) is -2.27. The molecule has 1 aromatic carbocycles. The third-order valence-corrected chi connectivity index (χ3v) is 8.86. The number of carbonyl (C=O) groups excluding carboxylic acids is 2. The summed E-state index contributed by atoms with van der Waals surface area (Å²) >= 11 is 1.39. The Bertz CT molecular complexity index is 1100. The Morgan fingerprint density at radius 1 is 1.15 bits per heavy atom. The Labute approximate surface area is 205 Å². The van der Waals surface area contributed by atoms with E-state index >= 15 is 0 Å². The molecule has 2 aromatic rings. The summed E-state index contributed by atoms with van der Waals surface area (Å²) in [6, 6.07) is 5.83. The van der Waals surface area contributed by atoms with Gasteiger partial charge in [-0.25, -0.2) is 13.2 Å². The lowest BCUT2D eigenvalue weighted by molar-refractivity contribution is 0.0600. The summed E-state index contributed by atoms with van der Waals surface area (Å²) in [4.78, 5) is 28.8. The molecule has 0 spiro atoms. The normalized spacial score (nSPS) is 13.8. The molecule has 0 aliphatic carbocycles. The van der Waals surface area contributed by atoms with E-state index in [9.17, 15) is 18.0 Å². The Morgan fingerprint density at radius 3 is 2.33 bits per heavy atom. The van der Waals surface area contributed by atoms with Crippen molar-refractivity contribution in [3.63, 3.8) is 0 Å². The first-order valence-electron chi connectivity index (χ1n) is 10.6. The number of fused-ring (bicyclic) bond motifs is 1. The van der Waals surface area contributed by atoms with Crippen LogP contribution in [0.2, 0.25) is 0 Å². The van der Waals surface area contributed by atoms with Crippen molar-refractivity contribution in [2.75, 3.05) is 38.6 Å². The molecular formula is C22H30ClN3O5S2. The van der Waals surface area contributed by atoms with Gasteiger partial charge in [-0.1, -0.05) is 20.8 Å². The van der Waals surface area contributed by atoms with E-state index in [4.69, 9.17) is 4.74 Å². The molecule has 1 aliphatic rings. The highest BCUT2D eigenvalue weighted by Gasteiger charge is 2.29. The molecule has 0 saturated heterocycles. The molecule has 0 atom stereocenters. The smallest absolute Gasteiger partial charge is 0.341 e. The van der Waals surface area contributed by atoms with Crippen LogP contribution >= 0.6 is 23.7 Å². The fourth-order valence-electron chi connectivity index (χ4n) is 3.80. The van der Waals surface area contributed by atoms with Crippen molar-refractivity contribution >= 4 is 50.6 Å². The summed E-state index contributed by atoms with van der Waals surface area (Å²) in [5, 5.41) is 3.30. The van der Waals surface area contributed by atoms with E-state index in [0.717, 1.165) is 36.5 Å². The lowest BCUT2D eigenvalue weighted by atomic mass is 10.0. The zero-order valence-corrected chi connectivity index (χ0v) is 21.7. The van der Waals surface area contributed by atoms with Gasteiger partial charge in [-0.05, 0) is 42.8 Å². The maximum Gasteiger partial charge on any atom is 0.341 e. The van der Waals surface area contributed by atoms with E-state index in [-0.39, 0.29) is 17.3 Å². The third kappa shape index (κ3) is 5.58. The minimum atomic E-state index is -3.60. The molecule has 0 unspecified atom stereocenters. The molecule has 2 heterocycles. The number of ether oxygens (including phenoxy) is 1. The number of anilines is 1. The molecule has 1 aliphatic heterocycles. The number of nitrogens with zero attached hydrogens (tertiary/aromatic N) is 2. The zero-order chi connectivity index (χ0) is 23.5. The summed E-state index contributed by atoms with van der Waals surface area (Å²) in [5.74, 6) is -0.878. The van der Waals surface area contributed by atoms with E-state index in [1.165, 1.54) is 47.0 Å². The highest BCUT2D eigenvalue weighted by atomic mass is 35.5. The molecule has 1 aromatic heterocycles. The number of hydrogen-bond donors (Lipinski definition) is 1. The van der Waals surface area contributed by atoms with E-state index in [1.54, 1.807) is 13.8 Å². The van der Waals surface area contributed by atoms with Crippen LogP contribution in [0, 0.1) is 0 Å². The standard InChI is InChI=1S/C22H29N3O5S2.ClH/c1-5-24-13-12-17-18(14-24)31-21(19(17)22(27)30-4)23-20(26)15-8-10-16(11-9-15)32(28,29)25(6-2)7-3;/h8-11H,5-7,12-14H2,1-4H3,(H,23,26);1H. The van der Waals surface area contributed by atoms with Crippen LogP contribution in [0.1, 0.15) is 51.9 Å². The largest absolute Gasteiger partial charge is 0.465 e. The van der Waals surface area contributed by atoms with Crippen LogP contribution in [0.3, 0.4) is 0 Å². The molecule has 0 fully saturated rings. The maximum absolute atomic E-state index is 12.9. The molecule has 0 saturated carbocycles. The predicted octanol–water partition coefficient (Wildman–Crippen LogP) is 3.62. The minimum absolute atomic E-state index is 0. The number of nitrogens with one attached hydrogen (secondary N) is 1. The van der Waals surface area contributed by atoms with Crippen LogP contribution in [0.5, 0.6) is 0 Å². The van der Waals surface area contributed by atoms with Crippen LogP contribution in [0.25, 0.3) is 0 Å². The molecule has 3 rings (SSSR count). The molecule has 1 N–H and O–H groups in total. The Morgan fingerprint density at radius 2 is 1.79 bits per heavy atom. The van der Waals surface area contributed by atoms with Gasteiger partial charge in [0.25, 0.3) is 5.91 Å². The van der Waals surface area contributed by atoms with Crippen molar-refractivity contribution < 1.29 is 22.7 Å². The number of halogens is 1. The van der Waals surface area contributed by atoms with Gasteiger partial charge in [0.1, 0.15) is 5.00 Å². The Hall–Kier alpha value is -1.98. The Balaban J connectivity index is 0.00000385. The molecule has 182 valence electrons. The molecule has 33 heavy (non-hydrogen) atoms. The molecule has 8 nitrogen and oxygen atoms in total. The van der Waals surface area contributed by atoms with Gasteiger partial charge < -0.3 is 10.1 Å². The number of rotatable bonds is 8. The first-order chi connectivity index (χ1) is 15.3. The second kappa shape index (κ2) is 11.4. The lowest BCUT2D eigenvalue weighted by Crippen LogP contribution is -2.30. The van der Waals surface area contributed by atoms with Crippen LogP contribution < -0.4 is 5.32 Å². The molecule has 1 amide bonds. The number of amides is 1. The number of thiophene rings is 1. The molecule has 0 bridgehead atoms. The van der Waals surface area contributed by atoms with Crippen LogP contribution in [-0.4, -0.2) is 62.8 Å². The van der Waals surface area contributed by atoms with Crippen LogP contribution in [-0.2, 0) is 27.7 Å². The van der Waals surface area contributed by atoms with Crippen molar-refractivity contribution in [1.82, 2.24) is 9.21 Å². The number of hydrogen-bond acceptors (Lipinski definition) is 7. The van der Waals surface area contributed by atoms with Gasteiger partial charge >= 0.3 is 5.97 Å². The summed E-state index contributed by atoms with van der Waals surface area (Å²) in [6.45, 7) is 8.88. The van der Waals surface area contributed by atoms with Crippen molar-refractivity contribution in [3.05, 3.63) is 45.8 Å². The van der Waals surface area contributed by atoms with E-state index in [1.807, 2.05) is 0 Å². The van der Waals surface area contributed by atoms with Gasteiger partial charge in [-0.2, -0.15) is 4.31 Å². The topological polar surface area (TPSA) is 96.0 Å². The van der Waals surface area contributed by atoms with E-state index < -0.39 is 21.9 Å². The molecule has 0 radical (unpaired) electrons. The van der Waals surface area contributed by atoms with Crippen molar-refractivity contribution in [2.45, 2.75) is 38.6 Å². The number of esters is 1. The number of methoxy groups -OCH3 is 1. The van der Waals surface area contributed by atoms with Gasteiger partial charge in [0.05, 0.1) is 17.6 Å². The lowest BCUT2D eigenvalue weighted by Gasteiger charge is -2.25. The number of carbonyl (C=O) groups is 2. The van der Waals surface area contributed by atoms with E-state index in [0.29, 0.717) is 29.2 Å². The van der Waals surface area contributed by atoms with Crippen molar-refractivity contribution in [2.24, 2.45) is 0 Å². The zero-order valence-electron chi connectivity index (χ0n) is 19.2. The summed E-state index contributed by atoms with van der Waals surface area (Å²) < 4.78 is 31.6. The Kier molecular flexibility index (Phi) is 9.45. The van der Waals surface area contributed by atoms with Crippen molar-refractivity contribution in [3.8, 4) is 0 Å². The van der Waals surface area contributed by atoms with Crippen LogP contribution in [0.15, 0.2) is 29.2 Å². The van der Waals surface area contributed by atoms with Gasteiger partial charge in [-0.3, -0.25) is 9.69 Å². The van der Waals surface area contributed by atoms with Gasteiger partial charge in [0, 0.05) is 36.6 Å². The second-order valence-corrected chi connectivity index (χ2v) is 10.4. The fourth-order valence-corrected chi connectivity index (χ4v) is 6.53. The van der Waals surface area contributed by atoms with Crippen molar-refractivity contribution in [1.29, 1.82) is 0 Å². The average molecular weight is 516 g/mol. The maximum atomic E-state index is 12.9.